The molecule has 0 aliphatic carbocycles. The summed E-state index contributed by atoms with van der Waals surface area (Å²) in [4.78, 5) is 12.8. The van der Waals surface area contributed by atoms with E-state index in [2.05, 4.69) is 0 Å². The number of hydrogen-bond acceptors (Lipinski definition) is 2. The maximum atomic E-state index is 13.0. The van der Waals surface area contributed by atoms with Crippen molar-refractivity contribution in [3.63, 3.8) is 0 Å². The number of ketones is 1. The van der Waals surface area contributed by atoms with Gasteiger partial charge in [-0.2, -0.15) is 0 Å². The van der Waals surface area contributed by atoms with Crippen molar-refractivity contribution in [3.8, 4) is 0 Å². The maximum absolute atomic E-state index is 13.0. The van der Waals surface area contributed by atoms with E-state index in [0.29, 0.717) is 17.0 Å². The molecule has 1 heterocycles. The minimum atomic E-state index is -0.367. The van der Waals surface area contributed by atoms with Gasteiger partial charge in [0.25, 0.3) is 0 Å². The smallest absolute Gasteiger partial charge is 0.142 e. The summed E-state index contributed by atoms with van der Waals surface area (Å²) in [6, 6.07) is 7.90. The van der Waals surface area contributed by atoms with Gasteiger partial charge in [0.05, 0.1) is 0 Å². The third-order valence-electron chi connectivity index (χ3n) is 2.35. The predicted octanol–water partition coefficient (Wildman–Crippen LogP) is 3.89. The molecule has 1 aromatic heterocycles. The molecule has 0 saturated heterocycles. The summed E-state index contributed by atoms with van der Waals surface area (Å²) < 4.78 is 13.0. The minimum absolute atomic E-state index is 0.0416. The number of halogens is 2. The highest BCUT2D eigenvalue weighted by Gasteiger charge is 2.09. The van der Waals surface area contributed by atoms with Crippen LogP contribution in [-0.4, -0.2) is 5.78 Å². The van der Waals surface area contributed by atoms with Crippen LogP contribution in [0.5, 0.6) is 0 Å². The molecule has 0 atom stereocenters. The lowest BCUT2D eigenvalue weighted by molar-refractivity contribution is -0.117. The largest absolute Gasteiger partial charge is 0.299 e. The second-order valence-corrected chi connectivity index (χ2v) is 5.15. The summed E-state index contributed by atoms with van der Waals surface area (Å²) in [5.74, 6) is -0.326. The zero-order valence-corrected chi connectivity index (χ0v) is 10.5. The van der Waals surface area contributed by atoms with Crippen LogP contribution in [0.2, 0.25) is 5.02 Å². The Hall–Kier alpha value is -1.19. The van der Waals surface area contributed by atoms with E-state index >= 15 is 0 Å². The van der Waals surface area contributed by atoms with Gasteiger partial charge < -0.3 is 0 Å². The number of rotatable bonds is 4. The molecule has 1 aromatic carbocycles. The minimum Gasteiger partial charge on any atom is -0.299 e. The van der Waals surface area contributed by atoms with Gasteiger partial charge in [0.15, 0.2) is 0 Å². The van der Waals surface area contributed by atoms with Gasteiger partial charge in [0, 0.05) is 22.7 Å². The molecule has 0 N–H and O–H groups in total. The molecule has 4 heteroatoms. The molecule has 0 fully saturated rings. The molecule has 0 aliphatic heterocycles. The Balaban J connectivity index is 2.05. The Morgan fingerprint density at radius 2 is 2.12 bits per heavy atom. The van der Waals surface area contributed by atoms with Crippen LogP contribution in [-0.2, 0) is 17.6 Å². The number of carbonyl (C=O) groups is 1. The first-order valence-electron chi connectivity index (χ1n) is 5.13. The van der Waals surface area contributed by atoms with Crippen molar-refractivity contribution >= 4 is 28.7 Å². The van der Waals surface area contributed by atoms with Crippen molar-refractivity contribution in [1.29, 1.82) is 0 Å². The summed E-state index contributed by atoms with van der Waals surface area (Å²) in [6.07, 6.45) is 0.555. The van der Waals surface area contributed by atoms with Gasteiger partial charge in [-0.05, 0) is 35.2 Å². The van der Waals surface area contributed by atoms with Gasteiger partial charge in [-0.15, -0.1) is 11.3 Å². The van der Waals surface area contributed by atoms with E-state index in [1.165, 1.54) is 18.2 Å². The maximum Gasteiger partial charge on any atom is 0.142 e. The molecular formula is C13H10ClFOS. The van der Waals surface area contributed by atoms with Crippen LogP contribution in [0.25, 0.3) is 0 Å². The monoisotopic (exact) mass is 268 g/mol. The standard InChI is InChI=1S/C13H10ClFOS/c14-13-4-3-10(15)6-9(13)7-11(16)8-12-2-1-5-17-12/h1-6H,7-8H2. The zero-order chi connectivity index (χ0) is 12.3. The first-order chi connectivity index (χ1) is 8.15. The van der Waals surface area contributed by atoms with Gasteiger partial charge in [-0.3, -0.25) is 4.79 Å². The molecule has 0 radical (unpaired) electrons. The summed E-state index contributed by atoms with van der Waals surface area (Å²) in [5, 5.41) is 2.36. The van der Waals surface area contributed by atoms with E-state index in [1.807, 2.05) is 17.5 Å². The molecule has 0 bridgehead atoms. The SMILES string of the molecule is O=C(Cc1cccs1)Cc1cc(F)ccc1Cl. The van der Waals surface area contributed by atoms with Crippen LogP contribution in [0.4, 0.5) is 4.39 Å². The van der Waals surface area contributed by atoms with E-state index in [9.17, 15) is 9.18 Å². The molecule has 2 aromatic rings. The molecule has 0 saturated carbocycles. The number of thiophene rings is 1. The zero-order valence-electron chi connectivity index (χ0n) is 8.95. The van der Waals surface area contributed by atoms with E-state index in [4.69, 9.17) is 11.6 Å². The summed E-state index contributed by atoms with van der Waals surface area (Å²) >= 11 is 7.45. The van der Waals surface area contributed by atoms with E-state index in [0.717, 1.165) is 4.88 Å². The quantitative estimate of drug-likeness (QED) is 0.822. The summed E-state index contributed by atoms with van der Waals surface area (Å²) in [5.41, 5.74) is 0.549. The van der Waals surface area contributed by atoms with Crippen LogP contribution >= 0.6 is 22.9 Å². The van der Waals surface area contributed by atoms with Crippen LogP contribution in [0.15, 0.2) is 35.7 Å². The summed E-state index contributed by atoms with van der Waals surface area (Å²) in [6.45, 7) is 0. The molecule has 88 valence electrons. The lowest BCUT2D eigenvalue weighted by Gasteiger charge is -2.03. The lowest BCUT2D eigenvalue weighted by Crippen LogP contribution is -2.06. The number of carbonyl (C=O) groups excluding carboxylic acids is 1. The highest BCUT2D eigenvalue weighted by molar-refractivity contribution is 7.10. The second kappa shape index (κ2) is 5.43. The third-order valence-corrected chi connectivity index (χ3v) is 3.59. The Labute approximate surface area is 108 Å². The van der Waals surface area contributed by atoms with Crippen LogP contribution in [0, 0.1) is 5.82 Å². The first kappa shape index (κ1) is 12.3. The van der Waals surface area contributed by atoms with Crippen molar-refractivity contribution in [3.05, 3.63) is 57.0 Å². The molecule has 2 rings (SSSR count). The van der Waals surface area contributed by atoms with Gasteiger partial charge in [-0.25, -0.2) is 4.39 Å². The van der Waals surface area contributed by atoms with Crippen LogP contribution in [0.1, 0.15) is 10.4 Å². The normalized spacial score (nSPS) is 10.5. The van der Waals surface area contributed by atoms with Crippen LogP contribution in [0.3, 0.4) is 0 Å². The Morgan fingerprint density at radius 1 is 1.29 bits per heavy atom. The number of benzene rings is 1. The van der Waals surface area contributed by atoms with Crippen molar-refractivity contribution in [1.82, 2.24) is 0 Å². The molecule has 0 unspecified atom stereocenters. The average Bonchev–Trinajstić information content (AvgIpc) is 2.76. The Kier molecular flexibility index (Phi) is 3.92. The Bertz CT molecular complexity index is 522. The van der Waals surface area contributed by atoms with Gasteiger partial charge in [-0.1, -0.05) is 17.7 Å². The topological polar surface area (TPSA) is 17.1 Å². The average molecular weight is 269 g/mol. The number of hydrogen-bond donors (Lipinski definition) is 0. The summed E-state index contributed by atoms with van der Waals surface area (Å²) in [7, 11) is 0. The second-order valence-electron chi connectivity index (χ2n) is 3.71. The fourth-order valence-corrected chi connectivity index (χ4v) is 2.48. The molecule has 17 heavy (non-hydrogen) atoms. The van der Waals surface area contributed by atoms with Crippen molar-refractivity contribution in [2.75, 3.05) is 0 Å². The fraction of sp³-hybridized carbons (Fsp3) is 0.154. The molecular weight excluding hydrogens is 259 g/mol. The van der Waals surface area contributed by atoms with E-state index < -0.39 is 0 Å². The highest BCUT2D eigenvalue weighted by Crippen LogP contribution is 2.19. The van der Waals surface area contributed by atoms with Crippen molar-refractivity contribution < 1.29 is 9.18 Å². The molecule has 0 spiro atoms. The van der Waals surface area contributed by atoms with Gasteiger partial charge in [0.2, 0.25) is 0 Å². The highest BCUT2D eigenvalue weighted by atomic mass is 35.5. The third kappa shape index (κ3) is 3.38. The molecule has 1 nitrogen and oxygen atoms in total. The van der Waals surface area contributed by atoms with Crippen molar-refractivity contribution in [2.24, 2.45) is 0 Å². The molecule has 0 aliphatic rings. The van der Waals surface area contributed by atoms with Gasteiger partial charge in [0.1, 0.15) is 11.6 Å². The van der Waals surface area contributed by atoms with Crippen molar-refractivity contribution in [2.45, 2.75) is 12.8 Å². The predicted molar refractivity (Wildman–Crippen MR) is 68.1 cm³/mol. The van der Waals surface area contributed by atoms with E-state index in [-0.39, 0.29) is 18.0 Å². The lowest BCUT2D eigenvalue weighted by atomic mass is 10.1. The first-order valence-corrected chi connectivity index (χ1v) is 6.39. The fourth-order valence-electron chi connectivity index (χ4n) is 1.56. The van der Waals surface area contributed by atoms with E-state index in [1.54, 1.807) is 11.3 Å². The van der Waals surface area contributed by atoms with Gasteiger partial charge >= 0.3 is 0 Å². The Morgan fingerprint density at radius 3 is 2.82 bits per heavy atom. The number of Topliss-reactive ketones (excluding diaryl/α,β-unsaturated/α-hetero) is 1. The van der Waals surface area contributed by atoms with Crippen LogP contribution < -0.4 is 0 Å². The molecule has 0 amide bonds.